The zero-order valence-electron chi connectivity index (χ0n) is 10.5. The van der Waals surface area contributed by atoms with Crippen LogP contribution in [0.5, 0.6) is 0 Å². The van der Waals surface area contributed by atoms with Gasteiger partial charge in [0.2, 0.25) is 5.91 Å². The van der Waals surface area contributed by atoms with Crippen molar-refractivity contribution in [3.8, 4) is 0 Å². The van der Waals surface area contributed by atoms with Gasteiger partial charge >= 0.3 is 0 Å². The number of amides is 1. The number of piperidine rings is 1. The number of nitrogens with two attached hydrogens (primary N) is 1. The minimum Gasteiger partial charge on any atom is -0.354 e. The van der Waals surface area contributed by atoms with Crippen molar-refractivity contribution in [3.05, 3.63) is 0 Å². The molecule has 0 aromatic carbocycles. The molecule has 1 saturated heterocycles. The Bertz CT molecular complexity index is 224. The lowest BCUT2D eigenvalue weighted by molar-refractivity contribution is -0.123. The zero-order chi connectivity index (χ0) is 12.0. The summed E-state index contributed by atoms with van der Waals surface area (Å²) < 4.78 is 0. The smallest absolute Gasteiger partial charge is 0.236 e. The lowest BCUT2D eigenvalue weighted by Crippen LogP contribution is -2.47. The van der Waals surface area contributed by atoms with Gasteiger partial charge in [-0.3, -0.25) is 4.79 Å². The molecule has 1 aliphatic rings. The predicted molar refractivity (Wildman–Crippen MR) is 66.1 cm³/mol. The van der Waals surface area contributed by atoms with Crippen molar-refractivity contribution in [2.45, 2.75) is 45.6 Å². The third kappa shape index (κ3) is 4.10. The highest BCUT2D eigenvalue weighted by Crippen LogP contribution is 2.26. The summed E-state index contributed by atoms with van der Waals surface area (Å²) in [6.07, 6.45) is 3.96. The van der Waals surface area contributed by atoms with E-state index in [1.807, 2.05) is 6.92 Å². The standard InChI is InChI=1S/C12H25N3O/c1-3-4-10(13)11(16)15-9-12(2)5-7-14-8-6-12/h10,14H,3-9,13H2,1-2H3,(H,15,16). The molecule has 1 aliphatic heterocycles. The van der Waals surface area contributed by atoms with Crippen LogP contribution in [0.4, 0.5) is 0 Å². The Labute approximate surface area is 98.3 Å². The molecule has 0 aromatic rings. The molecule has 1 rings (SSSR count). The molecule has 1 atom stereocenters. The van der Waals surface area contributed by atoms with Crippen molar-refractivity contribution in [1.82, 2.24) is 10.6 Å². The molecule has 1 amide bonds. The normalized spacial score (nSPS) is 21.4. The SMILES string of the molecule is CCCC(N)C(=O)NCC1(C)CCNCC1. The second-order valence-corrected chi connectivity index (χ2v) is 5.17. The van der Waals surface area contributed by atoms with E-state index in [4.69, 9.17) is 5.73 Å². The van der Waals surface area contributed by atoms with Crippen LogP contribution in [-0.4, -0.2) is 31.6 Å². The second-order valence-electron chi connectivity index (χ2n) is 5.17. The van der Waals surface area contributed by atoms with Crippen molar-refractivity contribution in [2.24, 2.45) is 11.1 Å². The Morgan fingerprint density at radius 3 is 2.69 bits per heavy atom. The van der Waals surface area contributed by atoms with Gasteiger partial charge in [0.1, 0.15) is 0 Å². The van der Waals surface area contributed by atoms with E-state index in [9.17, 15) is 4.79 Å². The molecule has 1 fully saturated rings. The maximum Gasteiger partial charge on any atom is 0.236 e. The average molecular weight is 227 g/mol. The highest BCUT2D eigenvalue weighted by molar-refractivity contribution is 5.81. The first kappa shape index (κ1) is 13.5. The lowest BCUT2D eigenvalue weighted by atomic mass is 9.81. The number of nitrogens with one attached hydrogen (secondary N) is 2. The fourth-order valence-electron chi connectivity index (χ4n) is 2.08. The van der Waals surface area contributed by atoms with E-state index >= 15 is 0 Å². The highest BCUT2D eigenvalue weighted by atomic mass is 16.2. The molecule has 0 aromatic heterocycles. The molecule has 4 heteroatoms. The minimum atomic E-state index is -0.338. The maximum atomic E-state index is 11.7. The molecular formula is C12H25N3O. The first-order valence-electron chi connectivity index (χ1n) is 6.31. The van der Waals surface area contributed by atoms with Gasteiger partial charge in [-0.15, -0.1) is 0 Å². The van der Waals surface area contributed by atoms with Crippen molar-refractivity contribution in [3.63, 3.8) is 0 Å². The van der Waals surface area contributed by atoms with Crippen molar-refractivity contribution in [1.29, 1.82) is 0 Å². The lowest BCUT2D eigenvalue weighted by Gasteiger charge is -2.34. The van der Waals surface area contributed by atoms with Gasteiger partial charge < -0.3 is 16.4 Å². The summed E-state index contributed by atoms with van der Waals surface area (Å²) in [6.45, 7) is 7.13. The van der Waals surface area contributed by atoms with Crippen LogP contribution < -0.4 is 16.4 Å². The molecule has 94 valence electrons. The van der Waals surface area contributed by atoms with Gasteiger partial charge in [0, 0.05) is 6.54 Å². The van der Waals surface area contributed by atoms with Gasteiger partial charge in [0.15, 0.2) is 0 Å². The zero-order valence-corrected chi connectivity index (χ0v) is 10.5. The van der Waals surface area contributed by atoms with Gasteiger partial charge in [-0.25, -0.2) is 0 Å². The minimum absolute atomic E-state index is 0.00149. The Hall–Kier alpha value is -0.610. The molecule has 0 saturated carbocycles. The van der Waals surface area contributed by atoms with Gasteiger partial charge in [-0.2, -0.15) is 0 Å². The maximum absolute atomic E-state index is 11.7. The Morgan fingerprint density at radius 2 is 2.12 bits per heavy atom. The molecule has 0 bridgehead atoms. The number of carbonyl (C=O) groups is 1. The van der Waals surface area contributed by atoms with E-state index < -0.39 is 0 Å². The number of rotatable bonds is 5. The van der Waals surface area contributed by atoms with Crippen LogP contribution in [0, 0.1) is 5.41 Å². The summed E-state index contributed by atoms with van der Waals surface area (Å²) in [6, 6.07) is -0.338. The first-order valence-corrected chi connectivity index (χ1v) is 6.31. The highest BCUT2D eigenvalue weighted by Gasteiger charge is 2.27. The summed E-state index contributed by atoms with van der Waals surface area (Å²) in [4.78, 5) is 11.7. The number of hydrogen-bond acceptors (Lipinski definition) is 3. The van der Waals surface area contributed by atoms with Crippen LogP contribution in [-0.2, 0) is 4.79 Å². The monoisotopic (exact) mass is 227 g/mol. The summed E-state index contributed by atoms with van der Waals surface area (Å²) in [5.74, 6) is 0.00149. The van der Waals surface area contributed by atoms with Gasteiger partial charge in [-0.05, 0) is 37.8 Å². The van der Waals surface area contributed by atoms with Crippen LogP contribution in [0.3, 0.4) is 0 Å². The fourth-order valence-corrected chi connectivity index (χ4v) is 2.08. The fraction of sp³-hybridized carbons (Fsp3) is 0.917. The van der Waals surface area contributed by atoms with Crippen LogP contribution in [0.25, 0.3) is 0 Å². The van der Waals surface area contributed by atoms with E-state index in [-0.39, 0.29) is 17.4 Å². The third-order valence-corrected chi connectivity index (χ3v) is 3.44. The summed E-state index contributed by atoms with van der Waals surface area (Å²) in [5.41, 5.74) is 6.00. The van der Waals surface area contributed by atoms with Crippen molar-refractivity contribution < 1.29 is 4.79 Å². The largest absolute Gasteiger partial charge is 0.354 e. The van der Waals surface area contributed by atoms with Gasteiger partial charge in [-0.1, -0.05) is 20.3 Å². The molecule has 1 heterocycles. The molecule has 16 heavy (non-hydrogen) atoms. The number of carbonyl (C=O) groups excluding carboxylic acids is 1. The number of hydrogen-bond donors (Lipinski definition) is 3. The first-order chi connectivity index (χ1) is 7.57. The van der Waals surface area contributed by atoms with Crippen LogP contribution in [0.1, 0.15) is 39.5 Å². The van der Waals surface area contributed by atoms with Gasteiger partial charge in [0.25, 0.3) is 0 Å². The van der Waals surface area contributed by atoms with Crippen molar-refractivity contribution >= 4 is 5.91 Å². The van der Waals surface area contributed by atoms with E-state index in [0.717, 1.165) is 45.3 Å². The summed E-state index contributed by atoms with van der Waals surface area (Å²) >= 11 is 0. The molecule has 0 radical (unpaired) electrons. The molecule has 1 unspecified atom stereocenters. The van der Waals surface area contributed by atoms with Crippen LogP contribution in [0.2, 0.25) is 0 Å². The van der Waals surface area contributed by atoms with Crippen LogP contribution in [0.15, 0.2) is 0 Å². The third-order valence-electron chi connectivity index (χ3n) is 3.44. The molecular weight excluding hydrogens is 202 g/mol. The van der Waals surface area contributed by atoms with E-state index in [0.29, 0.717) is 0 Å². The molecule has 0 aliphatic carbocycles. The van der Waals surface area contributed by atoms with E-state index in [1.54, 1.807) is 0 Å². The average Bonchev–Trinajstić information content (AvgIpc) is 2.27. The summed E-state index contributed by atoms with van der Waals surface area (Å²) in [5, 5.41) is 6.32. The van der Waals surface area contributed by atoms with Gasteiger partial charge in [0.05, 0.1) is 6.04 Å². The Morgan fingerprint density at radius 1 is 1.50 bits per heavy atom. The predicted octanol–water partition coefficient (Wildman–Crippen LogP) is 0.620. The quantitative estimate of drug-likeness (QED) is 0.645. The van der Waals surface area contributed by atoms with E-state index in [2.05, 4.69) is 17.6 Å². The second kappa shape index (κ2) is 6.21. The Kier molecular flexibility index (Phi) is 5.22. The van der Waals surface area contributed by atoms with Crippen molar-refractivity contribution in [2.75, 3.05) is 19.6 Å². The topological polar surface area (TPSA) is 67.2 Å². The molecule has 4 N–H and O–H groups in total. The Balaban J connectivity index is 2.29. The molecule has 0 spiro atoms. The van der Waals surface area contributed by atoms with Crippen LogP contribution >= 0.6 is 0 Å². The summed E-state index contributed by atoms with van der Waals surface area (Å²) in [7, 11) is 0. The molecule has 4 nitrogen and oxygen atoms in total. The van der Waals surface area contributed by atoms with E-state index in [1.165, 1.54) is 0 Å².